The van der Waals surface area contributed by atoms with E-state index in [1.54, 1.807) is 6.08 Å². The van der Waals surface area contributed by atoms with Gasteiger partial charge in [0.1, 0.15) is 0 Å². The molecule has 1 saturated heterocycles. The van der Waals surface area contributed by atoms with Crippen molar-refractivity contribution in [3.8, 4) is 0 Å². The van der Waals surface area contributed by atoms with Crippen molar-refractivity contribution in [3.05, 3.63) is 19.1 Å². The van der Waals surface area contributed by atoms with Crippen LogP contribution in [-0.2, 0) is 9.84 Å². The first-order valence-corrected chi connectivity index (χ1v) is 5.81. The molecule has 1 aliphatic rings. The normalized spacial score (nSPS) is 24.7. The smallest absolute Gasteiger partial charge is 0.151 e. The standard InChI is InChI=1S/C8H14NO2S/c1-2-4-9-5-3-7-12(10,11)8-6-9/h2-3H,1,4-8H2. The molecule has 4 heteroatoms. The number of rotatable bonds is 2. The highest BCUT2D eigenvalue weighted by molar-refractivity contribution is 7.91. The maximum Gasteiger partial charge on any atom is 0.151 e. The van der Waals surface area contributed by atoms with Crippen LogP contribution in [0.3, 0.4) is 0 Å². The van der Waals surface area contributed by atoms with E-state index in [1.807, 2.05) is 6.42 Å². The molecule has 0 atom stereocenters. The van der Waals surface area contributed by atoms with Gasteiger partial charge in [-0.2, -0.15) is 0 Å². The second-order valence-electron chi connectivity index (χ2n) is 2.95. The van der Waals surface area contributed by atoms with Gasteiger partial charge in [-0.3, -0.25) is 4.90 Å². The Hall–Kier alpha value is -0.350. The zero-order chi connectivity index (χ0) is 9.03. The van der Waals surface area contributed by atoms with Gasteiger partial charge in [0.25, 0.3) is 0 Å². The molecule has 69 valence electrons. The number of hydrogen-bond acceptors (Lipinski definition) is 3. The van der Waals surface area contributed by atoms with Crippen LogP contribution in [0.1, 0.15) is 0 Å². The van der Waals surface area contributed by atoms with Crippen molar-refractivity contribution in [2.45, 2.75) is 0 Å². The Morgan fingerprint density at radius 3 is 3.00 bits per heavy atom. The summed E-state index contributed by atoms with van der Waals surface area (Å²) in [6.45, 7) is 5.77. The largest absolute Gasteiger partial charge is 0.298 e. The minimum absolute atomic E-state index is 0.223. The Kier molecular flexibility index (Phi) is 3.29. The molecule has 0 unspecified atom stereocenters. The summed E-state index contributed by atoms with van der Waals surface area (Å²) < 4.78 is 22.3. The average molecular weight is 188 g/mol. The van der Waals surface area contributed by atoms with Crippen LogP contribution in [0.5, 0.6) is 0 Å². The minimum Gasteiger partial charge on any atom is -0.298 e. The summed E-state index contributed by atoms with van der Waals surface area (Å²) in [6.07, 6.45) is 3.61. The van der Waals surface area contributed by atoms with E-state index < -0.39 is 9.84 Å². The Bertz CT molecular complexity index is 246. The number of hydrogen-bond donors (Lipinski definition) is 0. The highest BCUT2D eigenvalue weighted by Crippen LogP contribution is 2.03. The number of sulfone groups is 1. The zero-order valence-corrected chi connectivity index (χ0v) is 7.89. The monoisotopic (exact) mass is 188 g/mol. The van der Waals surface area contributed by atoms with Gasteiger partial charge in [-0.1, -0.05) is 6.08 Å². The lowest BCUT2D eigenvalue weighted by Gasteiger charge is -2.15. The van der Waals surface area contributed by atoms with Gasteiger partial charge in [0.05, 0.1) is 11.5 Å². The fourth-order valence-corrected chi connectivity index (χ4v) is 2.37. The highest BCUT2D eigenvalue weighted by atomic mass is 32.2. The van der Waals surface area contributed by atoms with Crippen LogP contribution >= 0.6 is 0 Å². The van der Waals surface area contributed by atoms with Gasteiger partial charge < -0.3 is 0 Å². The average Bonchev–Trinajstić information content (AvgIpc) is 2.14. The molecule has 0 spiro atoms. The Labute approximate surface area is 74.0 Å². The molecule has 0 aromatic rings. The van der Waals surface area contributed by atoms with Gasteiger partial charge in [-0.15, -0.1) is 6.58 Å². The van der Waals surface area contributed by atoms with E-state index in [1.165, 1.54) is 0 Å². The lowest BCUT2D eigenvalue weighted by atomic mass is 10.4. The van der Waals surface area contributed by atoms with Crippen LogP contribution < -0.4 is 0 Å². The van der Waals surface area contributed by atoms with Gasteiger partial charge >= 0.3 is 0 Å². The molecule has 0 N–H and O–H groups in total. The van der Waals surface area contributed by atoms with Crippen molar-refractivity contribution in [1.29, 1.82) is 0 Å². The Morgan fingerprint density at radius 2 is 2.33 bits per heavy atom. The fraction of sp³-hybridized carbons (Fsp3) is 0.625. The molecule has 0 aromatic carbocycles. The summed E-state index contributed by atoms with van der Waals surface area (Å²) in [7, 11) is -2.80. The van der Waals surface area contributed by atoms with Crippen molar-refractivity contribution in [3.63, 3.8) is 0 Å². The van der Waals surface area contributed by atoms with Gasteiger partial charge in [-0.25, -0.2) is 8.42 Å². The minimum atomic E-state index is -2.80. The van der Waals surface area contributed by atoms with Crippen molar-refractivity contribution < 1.29 is 8.42 Å². The molecule has 1 heterocycles. The molecule has 1 fully saturated rings. The summed E-state index contributed by atoms with van der Waals surface area (Å²) in [5.41, 5.74) is 0. The number of nitrogens with zero attached hydrogens (tertiary/aromatic N) is 1. The van der Waals surface area contributed by atoms with E-state index in [2.05, 4.69) is 11.5 Å². The molecule has 0 aromatic heterocycles. The Balaban J connectivity index is 2.50. The summed E-state index contributed by atoms with van der Waals surface area (Å²) in [6, 6.07) is 0. The summed E-state index contributed by atoms with van der Waals surface area (Å²) in [5.74, 6) is 0.498. The maximum atomic E-state index is 11.1. The first-order chi connectivity index (χ1) is 5.64. The van der Waals surface area contributed by atoms with Crippen molar-refractivity contribution in [2.24, 2.45) is 0 Å². The van der Waals surface area contributed by atoms with Crippen LogP contribution in [0.25, 0.3) is 0 Å². The van der Waals surface area contributed by atoms with Crippen LogP contribution in [0, 0.1) is 6.42 Å². The van der Waals surface area contributed by atoms with Crippen LogP contribution in [0.4, 0.5) is 0 Å². The molecule has 12 heavy (non-hydrogen) atoms. The molecule has 1 aliphatic heterocycles. The highest BCUT2D eigenvalue weighted by Gasteiger charge is 2.17. The Morgan fingerprint density at radius 1 is 1.58 bits per heavy atom. The maximum absolute atomic E-state index is 11.1. The van der Waals surface area contributed by atoms with Gasteiger partial charge in [0.15, 0.2) is 9.84 Å². The second kappa shape index (κ2) is 4.05. The topological polar surface area (TPSA) is 37.4 Å². The SMILES string of the molecule is C=CCN1C[CH]CS(=O)(=O)CC1. The van der Waals surface area contributed by atoms with Gasteiger partial charge in [-0.05, 0) is 6.42 Å². The van der Waals surface area contributed by atoms with E-state index >= 15 is 0 Å². The van der Waals surface area contributed by atoms with Crippen LogP contribution in [-0.4, -0.2) is 44.5 Å². The molecule has 0 aliphatic carbocycles. The second-order valence-corrected chi connectivity index (χ2v) is 5.18. The van der Waals surface area contributed by atoms with Crippen molar-refractivity contribution in [1.82, 2.24) is 4.90 Å². The fourth-order valence-electron chi connectivity index (χ4n) is 1.21. The van der Waals surface area contributed by atoms with Crippen LogP contribution in [0.15, 0.2) is 12.7 Å². The molecule has 1 radical (unpaired) electrons. The predicted octanol–water partition coefficient (Wildman–Crippen LogP) is 0.107. The zero-order valence-electron chi connectivity index (χ0n) is 7.07. The van der Waals surface area contributed by atoms with E-state index in [9.17, 15) is 8.42 Å². The first kappa shape index (κ1) is 9.74. The lowest BCUT2D eigenvalue weighted by Crippen LogP contribution is -2.27. The molecular formula is C8H14NO2S. The third-order valence-corrected chi connectivity index (χ3v) is 3.41. The molecular weight excluding hydrogens is 174 g/mol. The van der Waals surface area contributed by atoms with Gasteiger partial charge in [0.2, 0.25) is 0 Å². The molecule has 0 bridgehead atoms. The van der Waals surface area contributed by atoms with Crippen LogP contribution in [0.2, 0.25) is 0 Å². The lowest BCUT2D eigenvalue weighted by molar-refractivity contribution is 0.350. The first-order valence-electron chi connectivity index (χ1n) is 3.99. The van der Waals surface area contributed by atoms with E-state index in [0.717, 1.165) is 13.1 Å². The van der Waals surface area contributed by atoms with Gasteiger partial charge in [0, 0.05) is 19.6 Å². The molecule has 3 nitrogen and oxygen atoms in total. The van der Waals surface area contributed by atoms with Crippen molar-refractivity contribution in [2.75, 3.05) is 31.1 Å². The summed E-state index contributed by atoms with van der Waals surface area (Å²) >= 11 is 0. The van der Waals surface area contributed by atoms with Crippen molar-refractivity contribution >= 4 is 9.84 Å². The quantitative estimate of drug-likeness (QED) is 0.577. The van der Waals surface area contributed by atoms with E-state index in [0.29, 0.717) is 6.54 Å². The predicted molar refractivity (Wildman–Crippen MR) is 49.6 cm³/mol. The third-order valence-electron chi connectivity index (χ3n) is 1.86. The molecule has 0 amide bonds. The molecule has 1 rings (SSSR count). The van der Waals surface area contributed by atoms with E-state index in [4.69, 9.17) is 0 Å². The third kappa shape index (κ3) is 2.95. The molecule has 0 saturated carbocycles. The summed E-state index contributed by atoms with van der Waals surface area (Å²) in [4.78, 5) is 2.07. The van der Waals surface area contributed by atoms with E-state index in [-0.39, 0.29) is 11.5 Å². The summed E-state index contributed by atoms with van der Waals surface area (Å²) in [5, 5.41) is 0.